The molecule has 1 atom stereocenters. The Balaban J connectivity index is 2.19. The normalized spacial score (nSPS) is 19.3. The lowest BCUT2D eigenvalue weighted by Gasteiger charge is -2.32. The van der Waals surface area contributed by atoms with Crippen molar-refractivity contribution in [3.8, 4) is 11.5 Å². The number of methoxy groups -OCH3 is 1. The summed E-state index contributed by atoms with van der Waals surface area (Å²) in [6.45, 7) is 3.68. The second-order valence-electron chi connectivity index (χ2n) is 4.51. The van der Waals surface area contributed by atoms with E-state index in [1.807, 2.05) is 6.92 Å². The molecule has 1 aliphatic rings. The van der Waals surface area contributed by atoms with E-state index in [2.05, 4.69) is 0 Å². The minimum atomic E-state index is -0.182. The summed E-state index contributed by atoms with van der Waals surface area (Å²) in [6.07, 6.45) is 0.943. The van der Waals surface area contributed by atoms with Gasteiger partial charge in [0, 0.05) is 13.1 Å². The summed E-state index contributed by atoms with van der Waals surface area (Å²) in [4.78, 5) is 14.1. The Hall–Kier alpha value is -1.75. The number of nitrogens with zero attached hydrogens (tertiary/aromatic N) is 1. The number of phenols is 1. The molecule has 0 aliphatic carbocycles. The third kappa shape index (κ3) is 2.81. The number of ether oxygens (including phenoxy) is 2. The van der Waals surface area contributed by atoms with E-state index in [-0.39, 0.29) is 23.3 Å². The molecule has 5 heteroatoms. The first kappa shape index (κ1) is 13.7. The monoisotopic (exact) mass is 265 g/mol. The fraction of sp³-hybridized carbons (Fsp3) is 0.500. The molecular formula is C14H19NO4. The lowest BCUT2D eigenvalue weighted by atomic mass is 10.1. The van der Waals surface area contributed by atoms with Crippen LogP contribution in [0.4, 0.5) is 0 Å². The Bertz CT molecular complexity index is 461. The molecule has 0 aromatic heterocycles. The van der Waals surface area contributed by atoms with E-state index in [1.165, 1.54) is 7.11 Å². The van der Waals surface area contributed by atoms with Gasteiger partial charge in [0.1, 0.15) is 0 Å². The van der Waals surface area contributed by atoms with Gasteiger partial charge in [0.15, 0.2) is 11.5 Å². The molecule has 5 nitrogen and oxygen atoms in total. The van der Waals surface area contributed by atoms with Crippen LogP contribution in [-0.4, -0.2) is 48.8 Å². The molecule has 1 saturated heterocycles. The summed E-state index contributed by atoms with van der Waals surface area (Å²) < 4.78 is 10.6. The van der Waals surface area contributed by atoms with Crippen molar-refractivity contribution < 1.29 is 19.4 Å². The van der Waals surface area contributed by atoms with Crippen molar-refractivity contribution in [3.63, 3.8) is 0 Å². The molecule has 1 aromatic rings. The SMILES string of the molecule is CCC1CN(C(=O)c2cccc(OC)c2O)CCO1. The molecule has 2 rings (SSSR count). The van der Waals surface area contributed by atoms with Gasteiger partial charge in [-0.3, -0.25) is 4.79 Å². The predicted molar refractivity (Wildman–Crippen MR) is 70.6 cm³/mol. The van der Waals surface area contributed by atoms with Gasteiger partial charge in [-0.2, -0.15) is 0 Å². The van der Waals surface area contributed by atoms with Crippen molar-refractivity contribution in [1.29, 1.82) is 0 Å². The van der Waals surface area contributed by atoms with E-state index in [9.17, 15) is 9.90 Å². The zero-order valence-electron chi connectivity index (χ0n) is 11.3. The predicted octanol–water partition coefficient (Wildman–Crippen LogP) is 1.65. The summed E-state index contributed by atoms with van der Waals surface area (Å²) in [6, 6.07) is 4.93. The van der Waals surface area contributed by atoms with Crippen molar-refractivity contribution in [1.82, 2.24) is 4.90 Å². The molecule has 1 heterocycles. The van der Waals surface area contributed by atoms with Gasteiger partial charge in [0.25, 0.3) is 5.91 Å². The number of morpholine rings is 1. The molecule has 104 valence electrons. The van der Waals surface area contributed by atoms with E-state index in [0.717, 1.165) is 6.42 Å². The van der Waals surface area contributed by atoms with Gasteiger partial charge >= 0.3 is 0 Å². The van der Waals surface area contributed by atoms with Crippen LogP contribution < -0.4 is 4.74 Å². The van der Waals surface area contributed by atoms with Gasteiger partial charge in [-0.05, 0) is 18.6 Å². The van der Waals surface area contributed by atoms with Crippen LogP contribution in [0, 0.1) is 0 Å². The molecular weight excluding hydrogens is 246 g/mol. The summed E-state index contributed by atoms with van der Waals surface area (Å²) in [5, 5.41) is 10.0. The molecule has 0 saturated carbocycles. The quantitative estimate of drug-likeness (QED) is 0.902. The zero-order chi connectivity index (χ0) is 13.8. The van der Waals surface area contributed by atoms with Crippen LogP contribution in [0.1, 0.15) is 23.7 Å². The van der Waals surface area contributed by atoms with E-state index >= 15 is 0 Å². The highest BCUT2D eigenvalue weighted by atomic mass is 16.5. The van der Waals surface area contributed by atoms with E-state index in [0.29, 0.717) is 25.4 Å². The molecule has 1 aliphatic heterocycles. The fourth-order valence-electron chi connectivity index (χ4n) is 2.18. The maximum Gasteiger partial charge on any atom is 0.257 e. The maximum absolute atomic E-state index is 12.4. The standard InChI is InChI=1S/C14H19NO4/c1-3-10-9-15(7-8-19-10)14(17)11-5-4-6-12(18-2)13(11)16/h4-6,10,16H,3,7-9H2,1-2H3. The smallest absolute Gasteiger partial charge is 0.257 e. The Morgan fingerprint density at radius 2 is 2.37 bits per heavy atom. The first-order valence-electron chi connectivity index (χ1n) is 6.44. The first-order valence-corrected chi connectivity index (χ1v) is 6.44. The second-order valence-corrected chi connectivity index (χ2v) is 4.51. The van der Waals surface area contributed by atoms with Crippen LogP contribution in [0.2, 0.25) is 0 Å². The third-order valence-corrected chi connectivity index (χ3v) is 3.33. The average molecular weight is 265 g/mol. The highest BCUT2D eigenvalue weighted by Gasteiger charge is 2.26. The van der Waals surface area contributed by atoms with Gasteiger partial charge in [-0.1, -0.05) is 13.0 Å². The second kappa shape index (κ2) is 5.93. The zero-order valence-corrected chi connectivity index (χ0v) is 11.3. The van der Waals surface area contributed by atoms with Crippen LogP contribution in [-0.2, 0) is 4.74 Å². The van der Waals surface area contributed by atoms with Gasteiger partial charge in [0.2, 0.25) is 0 Å². The number of aromatic hydroxyl groups is 1. The van der Waals surface area contributed by atoms with Crippen molar-refractivity contribution in [2.24, 2.45) is 0 Å². The number of carbonyl (C=O) groups is 1. The van der Waals surface area contributed by atoms with Crippen molar-refractivity contribution >= 4 is 5.91 Å². The number of rotatable bonds is 3. The minimum Gasteiger partial charge on any atom is -0.504 e. The Morgan fingerprint density at radius 3 is 3.05 bits per heavy atom. The topological polar surface area (TPSA) is 59.0 Å². The average Bonchev–Trinajstić information content (AvgIpc) is 2.47. The molecule has 1 aromatic carbocycles. The lowest BCUT2D eigenvalue weighted by molar-refractivity contribution is -0.0227. The number of amides is 1. The van der Waals surface area contributed by atoms with Gasteiger partial charge in [-0.15, -0.1) is 0 Å². The number of carbonyl (C=O) groups excluding carboxylic acids is 1. The summed E-state index contributed by atoms with van der Waals surface area (Å²) in [5.74, 6) is 0.0267. The number of benzene rings is 1. The molecule has 1 fully saturated rings. The number of hydrogen-bond donors (Lipinski definition) is 1. The number of para-hydroxylation sites is 1. The maximum atomic E-state index is 12.4. The van der Waals surface area contributed by atoms with Crippen LogP contribution in [0.5, 0.6) is 11.5 Å². The molecule has 0 radical (unpaired) electrons. The van der Waals surface area contributed by atoms with Gasteiger partial charge in [-0.25, -0.2) is 0 Å². The molecule has 1 N–H and O–H groups in total. The van der Waals surface area contributed by atoms with Crippen LogP contribution in [0.3, 0.4) is 0 Å². The van der Waals surface area contributed by atoms with E-state index < -0.39 is 0 Å². The fourth-order valence-corrected chi connectivity index (χ4v) is 2.18. The van der Waals surface area contributed by atoms with E-state index in [1.54, 1.807) is 23.1 Å². The largest absolute Gasteiger partial charge is 0.504 e. The van der Waals surface area contributed by atoms with Gasteiger partial charge < -0.3 is 19.5 Å². The van der Waals surface area contributed by atoms with Crippen molar-refractivity contribution in [3.05, 3.63) is 23.8 Å². The molecule has 19 heavy (non-hydrogen) atoms. The third-order valence-electron chi connectivity index (χ3n) is 3.33. The van der Waals surface area contributed by atoms with E-state index in [4.69, 9.17) is 9.47 Å². The summed E-state index contributed by atoms with van der Waals surface area (Å²) in [5.41, 5.74) is 0.274. The molecule has 1 amide bonds. The van der Waals surface area contributed by atoms with Crippen LogP contribution in [0.25, 0.3) is 0 Å². The molecule has 0 spiro atoms. The minimum absolute atomic E-state index is 0.0745. The highest BCUT2D eigenvalue weighted by Crippen LogP contribution is 2.30. The van der Waals surface area contributed by atoms with Crippen molar-refractivity contribution in [2.45, 2.75) is 19.4 Å². The Labute approximate surface area is 112 Å². The van der Waals surface area contributed by atoms with Crippen molar-refractivity contribution in [2.75, 3.05) is 26.8 Å². The van der Waals surface area contributed by atoms with Crippen LogP contribution >= 0.6 is 0 Å². The molecule has 0 bridgehead atoms. The summed E-state index contributed by atoms with van der Waals surface area (Å²) in [7, 11) is 1.46. The van der Waals surface area contributed by atoms with Gasteiger partial charge in [0.05, 0.1) is 25.4 Å². The lowest BCUT2D eigenvalue weighted by Crippen LogP contribution is -2.45. The molecule has 1 unspecified atom stereocenters. The number of hydrogen-bond acceptors (Lipinski definition) is 4. The van der Waals surface area contributed by atoms with Crippen LogP contribution in [0.15, 0.2) is 18.2 Å². The Kier molecular flexibility index (Phi) is 4.27. The number of phenolic OH excluding ortho intramolecular Hbond substituents is 1. The Morgan fingerprint density at radius 1 is 1.58 bits per heavy atom. The summed E-state index contributed by atoms with van der Waals surface area (Å²) >= 11 is 0. The first-order chi connectivity index (χ1) is 9.17. The highest BCUT2D eigenvalue weighted by molar-refractivity contribution is 5.97.